The van der Waals surface area contributed by atoms with Gasteiger partial charge in [0.1, 0.15) is 0 Å². The van der Waals surface area contributed by atoms with Crippen LogP contribution in [0.1, 0.15) is 13.8 Å². The standard InChI is InChI=1S/C10H12O3/c1-3(2)4(7(11)12)8-5-6-9(5,8)10(6,8)13/h3-6,13H,1-2H3,(H,11,12)/t4-,5+,6?,8-,9-,10+/m1/s1. The molecule has 4 fully saturated rings. The lowest BCUT2D eigenvalue weighted by Crippen LogP contribution is -2.45. The highest BCUT2D eigenvalue weighted by molar-refractivity contribution is 5.91. The molecule has 1 spiro atoms. The second-order valence-electron chi connectivity index (χ2n) is 5.52. The van der Waals surface area contributed by atoms with Crippen molar-refractivity contribution in [1.29, 1.82) is 0 Å². The van der Waals surface area contributed by atoms with E-state index >= 15 is 0 Å². The number of aliphatic carboxylic acids is 1. The zero-order valence-electron chi connectivity index (χ0n) is 7.61. The second-order valence-corrected chi connectivity index (χ2v) is 5.52. The third kappa shape index (κ3) is 0.278. The molecule has 4 aliphatic rings. The van der Waals surface area contributed by atoms with Crippen LogP contribution in [-0.4, -0.2) is 21.8 Å². The number of fused-ring (bicyclic) bond motifs is 4. The minimum atomic E-state index is -0.712. The van der Waals surface area contributed by atoms with Gasteiger partial charge in [0.05, 0.1) is 11.5 Å². The SMILES string of the molecule is CC(C)[C@H](C(=O)O)[C@]12[C@@H]3C4[C@@]1(O)[C@@]432. The summed E-state index contributed by atoms with van der Waals surface area (Å²) in [5.41, 5.74) is -0.462. The van der Waals surface area contributed by atoms with Crippen LogP contribution < -0.4 is 0 Å². The topological polar surface area (TPSA) is 57.5 Å². The summed E-state index contributed by atoms with van der Waals surface area (Å²) in [6, 6.07) is 0. The molecule has 3 heteroatoms. The molecule has 3 nitrogen and oxygen atoms in total. The zero-order valence-corrected chi connectivity index (χ0v) is 7.61. The summed E-state index contributed by atoms with van der Waals surface area (Å²) < 4.78 is 0. The summed E-state index contributed by atoms with van der Waals surface area (Å²) in [5, 5.41) is 19.0. The van der Waals surface area contributed by atoms with Gasteiger partial charge in [0, 0.05) is 16.7 Å². The van der Waals surface area contributed by atoms with Crippen LogP contribution in [-0.2, 0) is 4.79 Å². The molecule has 0 radical (unpaired) electrons. The lowest BCUT2D eigenvalue weighted by Gasteiger charge is -2.36. The number of rotatable bonds is 3. The third-order valence-electron chi connectivity index (χ3n) is 5.29. The van der Waals surface area contributed by atoms with Crippen molar-refractivity contribution in [3.63, 3.8) is 0 Å². The fourth-order valence-electron chi connectivity index (χ4n) is 4.86. The summed E-state index contributed by atoms with van der Waals surface area (Å²) in [6.07, 6.45) is 0. The molecule has 1 unspecified atom stereocenters. The Kier molecular flexibility index (Phi) is 0.620. The molecular weight excluding hydrogens is 168 g/mol. The highest BCUT2D eigenvalue weighted by atomic mass is 16.4. The number of carboxylic acids is 1. The smallest absolute Gasteiger partial charge is 0.307 e. The highest BCUT2D eigenvalue weighted by Crippen LogP contribution is 3.33. The molecule has 6 atom stereocenters. The Hall–Kier alpha value is -0.570. The van der Waals surface area contributed by atoms with Crippen LogP contribution in [0.3, 0.4) is 0 Å². The van der Waals surface area contributed by atoms with Gasteiger partial charge in [0.15, 0.2) is 0 Å². The largest absolute Gasteiger partial charge is 0.481 e. The van der Waals surface area contributed by atoms with Crippen LogP contribution in [0.4, 0.5) is 0 Å². The Morgan fingerprint density at radius 2 is 1.92 bits per heavy atom. The van der Waals surface area contributed by atoms with Crippen molar-refractivity contribution >= 4 is 5.97 Å². The molecule has 0 saturated heterocycles. The summed E-state index contributed by atoms with van der Waals surface area (Å²) >= 11 is 0. The lowest BCUT2D eigenvalue weighted by molar-refractivity contribution is -0.152. The maximum atomic E-state index is 11.1. The number of carboxylic acid groups (broad SMARTS) is 1. The maximum absolute atomic E-state index is 11.1. The van der Waals surface area contributed by atoms with Gasteiger partial charge in [-0.1, -0.05) is 13.8 Å². The average molecular weight is 180 g/mol. The van der Waals surface area contributed by atoms with Gasteiger partial charge in [0.25, 0.3) is 0 Å². The van der Waals surface area contributed by atoms with Gasteiger partial charge in [-0.3, -0.25) is 4.79 Å². The molecule has 0 heterocycles. The van der Waals surface area contributed by atoms with Gasteiger partial charge in [-0.05, 0) is 11.8 Å². The summed E-state index contributed by atoms with van der Waals surface area (Å²) in [6.45, 7) is 3.89. The van der Waals surface area contributed by atoms with Gasteiger partial charge in [-0.2, -0.15) is 0 Å². The first kappa shape index (κ1) is 6.82. The number of carbonyl (C=O) groups is 1. The van der Waals surface area contributed by atoms with Crippen LogP contribution in [0.25, 0.3) is 0 Å². The predicted octanol–water partition coefficient (Wildman–Crippen LogP) is 0.334. The van der Waals surface area contributed by atoms with Crippen molar-refractivity contribution < 1.29 is 15.0 Å². The summed E-state index contributed by atoms with van der Waals surface area (Å²) in [4.78, 5) is 11.1. The maximum Gasteiger partial charge on any atom is 0.307 e. The molecule has 13 heavy (non-hydrogen) atoms. The van der Waals surface area contributed by atoms with Crippen molar-refractivity contribution in [3.05, 3.63) is 0 Å². The molecule has 0 amide bonds. The van der Waals surface area contributed by atoms with Gasteiger partial charge in [0.2, 0.25) is 0 Å². The van der Waals surface area contributed by atoms with E-state index in [0.29, 0.717) is 11.8 Å². The Morgan fingerprint density at radius 3 is 2.00 bits per heavy atom. The van der Waals surface area contributed by atoms with E-state index in [1.54, 1.807) is 0 Å². The molecule has 0 aromatic carbocycles. The van der Waals surface area contributed by atoms with Crippen LogP contribution in [0.2, 0.25) is 0 Å². The lowest BCUT2D eigenvalue weighted by atomic mass is 9.69. The predicted molar refractivity (Wildman–Crippen MR) is 42.8 cm³/mol. The fraction of sp³-hybridized carbons (Fsp3) is 0.900. The van der Waals surface area contributed by atoms with E-state index in [1.165, 1.54) is 0 Å². The van der Waals surface area contributed by atoms with E-state index in [-0.39, 0.29) is 22.7 Å². The first-order valence-electron chi connectivity index (χ1n) is 4.95. The van der Waals surface area contributed by atoms with E-state index in [2.05, 4.69) is 0 Å². The van der Waals surface area contributed by atoms with Crippen molar-refractivity contribution in [1.82, 2.24) is 0 Å². The van der Waals surface area contributed by atoms with E-state index in [1.807, 2.05) is 13.8 Å². The van der Waals surface area contributed by atoms with Gasteiger partial charge in [-0.25, -0.2) is 0 Å². The minimum Gasteiger partial charge on any atom is -0.481 e. The molecule has 2 N–H and O–H groups in total. The van der Waals surface area contributed by atoms with Crippen LogP contribution >= 0.6 is 0 Å². The molecule has 0 aromatic rings. The number of hydrogen-bond donors (Lipinski definition) is 2. The van der Waals surface area contributed by atoms with E-state index in [0.717, 1.165) is 0 Å². The van der Waals surface area contributed by atoms with Gasteiger partial charge in [-0.15, -0.1) is 0 Å². The monoisotopic (exact) mass is 180 g/mol. The molecule has 0 aromatic heterocycles. The number of hydrogen-bond acceptors (Lipinski definition) is 2. The molecule has 0 aliphatic heterocycles. The Morgan fingerprint density at radius 1 is 1.38 bits per heavy atom. The second kappa shape index (κ2) is 1.18. The van der Waals surface area contributed by atoms with E-state index in [9.17, 15) is 9.90 Å². The molecular formula is C10H12O3. The van der Waals surface area contributed by atoms with Crippen molar-refractivity contribution in [2.75, 3.05) is 0 Å². The fourth-order valence-corrected chi connectivity index (χ4v) is 4.86. The first-order chi connectivity index (χ1) is 6.00. The molecule has 4 saturated carbocycles. The average Bonchev–Trinajstić information content (AvgIpc) is 2.88. The van der Waals surface area contributed by atoms with Crippen LogP contribution in [0.5, 0.6) is 0 Å². The zero-order chi connectivity index (χ0) is 9.39. The van der Waals surface area contributed by atoms with Crippen molar-refractivity contribution in [2.24, 2.45) is 34.5 Å². The molecule has 4 rings (SSSR count). The number of aliphatic hydroxyl groups is 1. The third-order valence-corrected chi connectivity index (χ3v) is 5.29. The van der Waals surface area contributed by atoms with Gasteiger partial charge >= 0.3 is 5.97 Å². The highest BCUT2D eigenvalue weighted by Gasteiger charge is 3.39. The quantitative estimate of drug-likeness (QED) is 0.658. The molecule has 0 bridgehead atoms. The molecule has 70 valence electrons. The Bertz CT molecular complexity index is 364. The minimum absolute atomic E-state index is 0.134. The van der Waals surface area contributed by atoms with Gasteiger partial charge < -0.3 is 10.2 Å². The summed E-state index contributed by atoms with van der Waals surface area (Å²) in [7, 11) is 0. The van der Waals surface area contributed by atoms with Crippen molar-refractivity contribution in [3.8, 4) is 0 Å². The summed E-state index contributed by atoms with van der Waals surface area (Å²) in [5.74, 6) is 0.273. The van der Waals surface area contributed by atoms with Crippen molar-refractivity contribution in [2.45, 2.75) is 19.4 Å². The van der Waals surface area contributed by atoms with Crippen LogP contribution in [0, 0.1) is 34.5 Å². The first-order valence-corrected chi connectivity index (χ1v) is 4.95. The Labute approximate surface area is 75.8 Å². The van der Waals surface area contributed by atoms with E-state index in [4.69, 9.17) is 5.11 Å². The van der Waals surface area contributed by atoms with Crippen LogP contribution in [0.15, 0.2) is 0 Å². The Balaban J connectivity index is 1.72. The van der Waals surface area contributed by atoms with E-state index < -0.39 is 11.6 Å². The molecule has 4 aliphatic carbocycles. The normalized spacial score (nSPS) is 69.5.